The zero-order valence-corrected chi connectivity index (χ0v) is 11.3. The molecule has 0 aromatic heterocycles. The summed E-state index contributed by atoms with van der Waals surface area (Å²) in [5.74, 6) is -1.26. The van der Waals surface area contributed by atoms with Crippen molar-refractivity contribution >= 4 is 0 Å². The average molecular weight is 279 g/mol. The lowest BCUT2D eigenvalue weighted by Crippen LogP contribution is -2.57. The van der Waals surface area contributed by atoms with E-state index in [-0.39, 0.29) is 25.5 Å². The summed E-state index contributed by atoms with van der Waals surface area (Å²) in [6, 6.07) is 0.285. The zero-order chi connectivity index (χ0) is 13.9. The maximum Gasteiger partial charge on any atom is 0.391 e. The van der Waals surface area contributed by atoms with Crippen molar-refractivity contribution in [1.82, 2.24) is 5.32 Å². The molecule has 0 aliphatic heterocycles. The number of halogens is 3. The van der Waals surface area contributed by atoms with Gasteiger partial charge in [0.2, 0.25) is 0 Å². The highest BCUT2D eigenvalue weighted by atomic mass is 19.4. The molecule has 0 bridgehead atoms. The smallest absolute Gasteiger partial charge is 0.391 e. The Balaban J connectivity index is 2.00. The highest BCUT2D eigenvalue weighted by Crippen LogP contribution is 2.42. The van der Waals surface area contributed by atoms with Gasteiger partial charge in [0.1, 0.15) is 0 Å². The molecule has 112 valence electrons. The summed E-state index contributed by atoms with van der Waals surface area (Å²) in [5.41, 5.74) is -0.708. The van der Waals surface area contributed by atoms with Crippen molar-refractivity contribution in [3.8, 4) is 0 Å². The second-order valence-electron chi connectivity index (χ2n) is 6.25. The molecule has 2 atom stereocenters. The van der Waals surface area contributed by atoms with E-state index in [4.69, 9.17) is 0 Å². The number of alkyl halides is 3. The first-order valence-electron chi connectivity index (χ1n) is 7.40. The highest BCUT2D eigenvalue weighted by Gasteiger charge is 2.47. The van der Waals surface area contributed by atoms with Gasteiger partial charge in [0.05, 0.1) is 12.5 Å². The van der Waals surface area contributed by atoms with Gasteiger partial charge in [-0.1, -0.05) is 25.7 Å². The normalized spacial score (nSPS) is 34.4. The van der Waals surface area contributed by atoms with E-state index >= 15 is 0 Å². The van der Waals surface area contributed by atoms with Gasteiger partial charge in [-0.15, -0.1) is 0 Å². The maximum atomic E-state index is 12.9. The quantitative estimate of drug-likeness (QED) is 0.830. The van der Waals surface area contributed by atoms with Gasteiger partial charge in [0.15, 0.2) is 0 Å². The Morgan fingerprint density at radius 1 is 1.05 bits per heavy atom. The molecule has 2 rings (SSSR count). The van der Waals surface area contributed by atoms with Crippen LogP contribution in [0.3, 0.4) is 0 Å². The van der Waals surface area contributed by atoms with Gasteiger partial charge in [-0.25, -0.2) is 0 Å². The fraction of sp³-hybridized carbons (Fsp3) is 1.00. The zero-order valence-electron chi connectivity index (χ0n) is 11.3. The van der Waals surface area contributed by atoms with Gasteiger partial charge in [-0.2, -0.15) is 13.2 Å². The lowest BCUT2D eigenvalue weighted by atomic mass is 9.74. The fourth-order valence-corrected chi connectivity index (χ4v) is 3.64. The molecule has 0 saturated heterocycles. The van der Waals surface area contributed by atoms with Gasteiger partial charge < -0.3 is 10.4 Å². The molecule has 2 saturated carbocycles. The van der Waals surface area contributed by atoms with Crippen LogP contribution in [-0.4, -0.2) is 29.5 Å². The molecule has 0 amide bonds. The van der Waals surface area contributed by atoms with Crippen LogP contribution in [0.25, 0.3) is 0 Å². The van der Waals surface area contributed by atoms with Crippen LogP contribution in [0.1, 0.15) is 57.8 Å². The number of hydrogen-bond acceptors (Lipinski definition) is 2. The maximum absolute atomic E-state index is 12.9. The number of hydrogen-bond donors (Lipinski definition) is 2. The van der Waals surface area contributed by atoms with Gasteiger partial charge in [0, 0.05) is 11.6 Å². The van der Waals surface area contributed by atoms with E-state index in [1.807, 2.05) is 0 Å². The third-order valence-corrected chi connectivity index (χ3v) is 4.73. The topological polar surface area (TPSA) is 32.3 Å². The SMILES string of the molecule is OCC1(NC2CCCCC2)CCCC(C(F)(F)F)C1. The monoisotopic (exact) mass is 279 g/mol. The minimum Gasteiger partial charge on any atom is -0.394 e. The van der Waals surface area contributed by atoms with E-state index in [1.54, 1.807) is 0 Å². The molecule has 2 aliphatic rings. The number of aliphatic hydroxyl groups is 1. The predicted molar refractivity (Wildman–Crippen MR) is 67.8 cm³/mol. The lowest BCUT2D eigenvalue weighted by molar-refractivity contribution is -0.190. The Morgan fingerprint density at radius 3 is 2.32 bits per heavy atom. The van der Waals surface area contributed by atoms with Crippen LogP contribution in [0, 0.1) is 5.92 Å². The Kier molecular flexibility index (Phi) is 4.77. The van der Waals surface area contributed by atoms with Gasteiger partial charge in [0.25, 0.3) is 0 Å². The molecule has 2 aliphatic carbocycles. The van der Waals surface area contributed by atoms with Crippen molar-refractivity contribution in [3.63, 3.8) is 0 Å². The van der Waals surface area contributed by atoms with E-state index < -0.39 is 17.6 Å². The van der Waals surface area contributed by atoms with E-state index in [1.165, 1.54) is 6.42 Å². The highest BCUT2D eigenvalue weighted by molar-refractivity contribution is 4.97. The van der Waals surface area contributed by atoms with Crippen molar-refractivity contribution < 1.29 is 18.3 Å². The minimum absolute atomic E-state index is 0.0312. The molecule has 0 radical (unpaired) electrons. The first-order valence-corrected chi connectivity index (χ1v) is 7.40. The Bertz CT molecular complexity index is 289. The molecule has 0 aromatic carbocycles. The first-order chi connectivity index (χ1) is 8.95. The first kappa shape index (κ1) is 15.1. The van der Waals surface area contributed by atoms with Crippen LogP contribution in [0.5, 0.6) is 0 Å². The molecule has 0 spiro atoms. The molecule has 0 aromatic rings. The third-order valence-electron chi connectivity index (χ3n) is 4.73. The van der Waals surface area contributed by atoms with Crippen LogP contribution < -0.4 is 5.32 Å². The van der Waals surface area contributed by atoms with Crippen molar-refractivity contribution in [3.05, 3.63) is 0 Å². The molecule has 19 heavy (non-hydrogen) atoms. The summed E-state index contributed by atoms with van der Waals surface area (Å²) in [4.78, 5) is 0. The predicted octanol–water partition coefficient (Wildman–Crippen LogP) is 3.39. The summed E-state index contributed by atoms with van der Waals surface area (Å²) in [5, 5.41) is 13.0. The summed E-state index contributed by atoms with van der Waals surface area (Å²) in [6.45, 7) is -0.184. The fourth-order valence-electron chi connectivity index (χ4n) is 3.64. The number of rotatable bonds is 3. The lowest BCUT2D eigenvalue weighted by Gasteiger charge is -2.44. The van der Waals surface area contributed by atoms with E-state index in [0.29, 0.717) is 12.8 Å². The summed E-state index contributed by atoms with van der Waals surface area (Å²) >= 11 is 0. The summed E-state index contributed by atoms with van der Waals surface area (Å²) < 4.78 is 38.7. The molecule has 2 unspecified atom stereocenters. The van der Waals surface area contributed by atoms with Gasteiger partial charge in [-0.05, 0) is 32.1 Å². The Labute approximate surface area is 112 Å². The number of aliphatic hydroxyl groups excluding tert-OH is 1. The minimum atomic E-state index is -4.13. The average Bonchev–Trinajstić information content (AvgIpc) is 2.39. The van der Waals surface area contributed by atoms with E-state index in [2.05, 4.69) is 5.32 Å². The number of nitrogens with one attached hydrogen (secondary N) is 1. The van der Waals surface area contributed by atoms with Gasteiger partial charge >= 0.3 is 6.18 Å². The van der Waals surface area contributed by atoms with Crippen LogP contribution in [-0.2, 0) is 0 Å². The van der Waals surface area contributed by atoms with Gasteiger partial charge in [-0.3, -0.25) is 0 Å². The summed E-state index contributed by atoms with van der Waals surface area (Å²) in [7, 11) is 0. The van der Waals surface area contributed by atoms with Crippen molar-refractivity contribution in [2.75, 3.05) is 6.61 Å². The third kappa shape index (κ3) is 3.85. The standard InChI is InChI=1S/C14H24F3NO/c15-14(16,17)11-5-4-8-13(9-11,10-19)18-12-6-2-1-3-7-12/h11-12,18-19H,1-10H2. The van der Waals surface area contributed by atoms with Crippen LogP contribution in [0.4, 0.5) is 13.2 Å². The van der Waals surface area contributed by atoms with Crippen molar-refractivity contribution in [2.24, 2.45) is 5.92 Å². The second kappa shape index (κ2) is 6.00. The van der Waals surface area contributed by atoms with Crippen molar-refractivity contribution in [2.45, 2.75) is 75.5 Å². The second-order valence-corrected chi connectivity index (χ2v) is 6.25. The molecule has 0 heterocycles. The van der Waals surface area contributed by atoms with E-state index in [0.717, 1.165) is 25.7 Å². The molecular weight excluding hydrogens is 255 g/mol. The summed E-state index contributed by atoms with van der Waals surface area (Å²) in [6.07, 6.45) is 2.86. The van der Waals surface area contributed by atoms with Crippen LogP contribution in [0.2, 0.25) is 0 Å². The van der Waals surface area contributed by atoms with Crippen LogP contribution in [0.15, 0.2) is 0 Å². The molecule has 5 heteroatoms. The molecule has 2 N–H and O–H groups in total. The van der Waals surface area contributed by atoms with Crippen LogP contribution >= 0.6 is 0 Å². The Hall–Kier alpha value is -0.290. The molecular formula is C14H24F3NO. The molecule has 2 nitrogen and oxygen atoms in total. The Morgan fingerprint density at radius 2 is 1.74 bits per heavy atom. The molecule has 2 fully saturated rings. The van der Waals surface area contributed by atoms with E-state index in [9.17, 15) is 18.3 Å². The largest absolute Gasteiger partial charge is 0.394 e. The van der Waals surface area contributed by atoms with Crippen molar-refractivity contribution in [1.29, 1.82) is 0 Å².